The third-order valence-electron chi connectivity index (χ3n) is 11.4. The van der Waals surface area contributed by atoms with Gasteiger partial charge in [-0.2, -0.15) is 0 Å². The molecule has 1 saturated carbocycles. The Morgan fingerprint density at radius 3 is 2.21 bits per heavy atom. The van der Waals surface area contributed by atoms with Gasteiger partial charge in [0.1, 0.15) is 5.82 Å². The summed E-state index contributed by atoms with van der Waals surface area (Å²) in [5.41, 5.74) is 1.27. The zero-order chi connectivity index (χ0) is 36.6. The van der Waals surface area contributed by atoms with Crippen LogP contribution in [-0.4, -0.2) is 41.6 Å². The van der Waals surface area contributed by atoms with E-state index in [9.17, 15) is 33.5 Å². The molecule has 9 nitrogen and oxygen atoms in total. The molecule has 52 heavy (non-hydrogen) atoms. The Morgan fingerprint density at radius 1 is 0.846 bits per heavy atom. The summed E-state index contributed by atoms with van der Waals surface area (Å²) in [4.78, 5) is 72.7. The Morgan fingerprint density at radius 2 is 1.54 bits per heavy atom. The molecule has 4 aromatic rings. The third kappa shape index (κ3) is 4.84. The van der Waals surface area contributed by atoms with E-state index < -0.39 is 58.5 Å². The molecule has 0 radical (unpaired) electrons. The van der Waals surface area contributed by atoms with E-state index in [0.29, 0.717) is 22.4 Å². The number of ketones is 1. The maximum atomic E-state index is 14.6. The number of nitrogens with zero attached hydrogens (tertiary/aromatic N) is 2. The number of hydrogen-bond donors (Lipinski definition) is 1. The lowest BCUT2D eigenvalue weighted by atomic mass is 9.51. The Labute approximate surface area is 303 Å². The van der Waals surface area contributed by atoms with E-state index in [0.717, 1.165) is 16.5 Å². The molecule has 4 amide bonds. The molecule has 4 aliphatic rings. The first-order chi connectivity index (χ1) is 24.9. The fraction of sp³-hybridized carbons (Fsp3) is 0.244. The number of anilines is 2. The van der Waals surface area contributed by atoms with Crippen molar-refractivity contribution in [2.24, 2.45) is 29.1 Å². The lowest BCUT2D eigenvalue weighted by Gasteiger charge is -2.49. The van der Waals surface area contributed by atoms with Gasteiger partial charge in [-0.1, -0.05) is 59.6 Å². The highest BCUT2D eigenvalue weighted by atomic mass is 35.5. The zero-order valence-electron chi connectivity index (χ0n) is 28.1. The summed E-state index contributed by atoms with van der Waals surface area (Å²) >= 11 is 6.09. The SMILES string of the molecule is COc1ccc([C@H]2C3=CC[C@@H]4C(=O)N(c5ccc(C(=O)c6ccccc6)cc5)C(=O)[C@@H]4[C@@H]3C[C@H]3C(=O)N(c4ccc(F)c(Cl)c4)C(=O)[C@@]23C)cc1O. The van der Waals surface area contributed by atoms with Crippen LogP contribution >= 0.6 is 11.6 Å². The number of rotatable bonds is 6. The number of phenols is 1. The van der Waals surface area contributed by atoms with Gasteiger partial charge < -0.3 is 9.84 Å². The number of methoxy groups -OCH3 is 1. The van der Waals surface area contributed by atoms with Crippen molar-refractivity contribution in [1.29, 1.82) is 0 Å². The standard InChI is InChI=1S/C41H32ClFN2O7/c1-41-29(38(49)45(40(41)51)25-13-16-31(43)30(42)19-25)20-28-26(35(41)23-10-17-33(52-2)32(46)18-23)14-15-27-34(28)39(50)44(37(27)48)24-11-8-22(9-12-24)36(47)21-6-4-3-5-7-21/h3-14,16-19,27-29,34-35,46H,15,20H2,1-2H3/t27-,28+,29-,34-,35-,41+/m0/s1. The van der Waals surface area contributed by atoms with E-state index in [1.165, 1.54) is 30.2 Å². The number of imide groups is 2. The zero-order valence-corrected chi connectivity index (χ0v) is 28.8. The van der Waals surface area contributed by atoms with Gasteiger partial charge in [0, 0.05) is 17.0 Å². The molecule has 4 aromatic carbocycles. The molecule has 0 aromatic heterocycles. The summed E-state index contributed by atoms with van der Waals surface area (Å²) < 4.78 is 19.4. The van der Waals surface area contributed by atoms with E-state index in [2.05, 4.69) is 0 Å². The number of benzene rings is 4. The van der Waals surface area contributed by atoms with Crippen molar-refractivity contribution in [1.82, 2.24) is 0 Å². The second-order valence-electron chi connectivity index (χ2n) is 13.9. The number of allylic oxidation sites excluding steroid dienone is 2. The maximum Gasteiger partial charge on any atom is 0.241 e. The van der Waals surface area contributed by atoms with Crippen molar-refractivity contribution < 1.29 is 38.2 Å². The number of phenolic OH excluding ortho intramolecular Hbond substituents is 1. The van der Waals surface area contributed by atoms with Crippen LogP contribution in [0.15, 0.2) is 103 Å². The number of aromatic hydroxyl groups is 1. The van der Waals surface area contributed by atoms with E-state index >= 15 is 0 Å². The van der Waals surface area contributed by atoms with Crippen LogP contribution in [-0.2, 0) is 19.2 Å². The van der Waals surface area contributed by atoms with Crippen molar-refractivity contribution in [3.05, 3.63) is 130 Å². The Bertz CT molecular complexity index is 2240. The van der Waals surface area contributed by atoms with Gasteiger partial charge in [-0.15, -0.1) is 0 Å². The van der Waals surface area contributed by atoms with Crippen molar-refractivity contribution in [2.45, 2.75) is 25.7 Å². The minimum absolute atomic E-state index is 0.107. The quantitative estimate of drug-likeness (QED) is 0.131. The summed E-state index contributed by atoms with van der Waals surface area (Å²) in [6.45, 7) is 1.71. The molecule has 1 N–H and O–H groups in total. The van der Waals surface area contributed by atoms with Gasteiger partial charge in [0.2, 0.25) is 23.6 Å². The minimum atomic E-state index is -1.37. The van der Waals surface area contributed by atoms with Gasteiger partial charge in [-0.3, -0.25) is 28.9 Å². The molecule has 3 fully saturated rings. The number of carbonyl (C=O) groups is 5. The average Bonchev–Trinajstić information content (AvgIpc) is 3.52. The summed E-state index contributed by atoms with van der Waals surface area (Å²) in [5, 5.41) is 10.6. The predicted molar refractivity (Wildman–Crippen MR) is 189 cm³/mol. The van der Waals surface area contributed by atoms with Crippen LogP contribution in [0.2, 0.25) is 5.02 Å². The first-order valence-electron chi connectivity index (χ1n) is 16.9. The molecule has 11 heteroatoms. The largest absolute Gasteiger partial charge is 0.504 e. The highest BCUT2D eigenvalue weighted by Gasteiger charge is 2.67. The van der Waals surface area contributed by atoms with E-state index in [-0.39, 0.29) is 46.7 Å². The third-order valence-corrected chi connectivity index (χ3v) is 11.7. The van der Waals surface area contributed by atoms with Crippen LogP contribution in [0.5, 0.6) is 11.5 Å². The van der Waals surface area contributed by atoms with Crippen molar-refractivity contribution >= 4 is 52.4 Å². The Hall–Kier alpha value is -5.61. The summed E-state index contributed by atoms with van der Waals surface area (Å²) in [6, 6.07) is 23.6. The lowest BCUT2D eigenvalue weighted by molar-refractivity contribution is -0.131. The van der Waals surface area contributed by atoms with Crippen LogP contribution in [0.3, 0.4) is 0 Å². The molecule has 2 saturated heterocycles. The van der Waals surface area contributed by atoms with Crippen molar-refractivity contribution in [3.63, 3.8) is 0 Å². The average molecular weight is 719 g/mol. The van der Waals surface area contributed by atoms with Crippen molar-refractivity contribution in [3.8, 4) is 11.5 Å². The lowest BCUT2D eigenvalue weighted by Crippen LogP contribution is -2.48. The highest BCUT2D eigenvalue weighted by Crippen LogP contribution is 2.64. The molecule has 262 valence electrons. The van der Waals surface area contributed by atoms with Gasteiger partial charge in [0.15, 0.2) is 17.3 Å². The van der Waals surface area contributed by atoms with E-state index in [1.807, 2.05) is 12.1 Å². The van der Waals surface area contributed by atoms with Crippen LogP contribution in [0.1, 0.15) is 47.2 Å². The molecule has 2 aliphatic carbocycles. The smallest absolute Gasteiger partial charge is 0.241 e. The first kappa shape index (κ1) is 33.5. The fourth-order valence-corrected chi connectivity index (χ4v) is 9.10. The molecule has 2 heterocycles. The van der Waals surface area contributed by atoms with Crippen LogP contribution in [0.25, 0.3) is 0 Å². The van der Waals surface area contributed by atoms with Gasteiger partial charge >= 0.3 is 0 Å². The summed E-state index contributed by atoms with van der Waals surface area (Å²) in [6.07, 6.45) is 2.24. The van der Waals surface area contributed by atoms with Crippen LogP contribution in [0, 0.1) is 34.9 Å². The normalized spacial score (nSPS) is 26.5. The number of amides is 4. The summed E-state index contributed by atoms with van der Waals surface area (Å²) in [5.74, 6) is -6.52. The number of fused-ring (bicyclic) bond motifs is 4. The van der Waals surface area contributed by atoms with Gasteiger partial charge in [-0.05, 0) is 85.8 Å². The number of halogens is 2. The monoisotopic (exact) mass is 718 g/mol. The summed E-state index contributed by atoms with van der Waals surface area (Å²) in [7, 11) is 1.42. The molecule has 0 unspecified atom stereocenters. The molecule has 0 bridgehead atoms. The number of carbonyl (C=O) groups excluding carboxylic acids is 5. The van der Waals surface area contributed by atoms with Gasteiger partial charge in [0.25, 0.3) is 0 Å². The number of hydrogen-bond acceptors (Lipinski definition) is 7. The topological polar surface area (TPSA) is 121 Å². The first-order valence-corrected chi connectivity index (χ1v) is 17.3. The molecule has 2 aliphatic heterocycles. The predicted octanol–water partition coefficient (Wildman–Crippen LogP) is 6.86. The molecule has 8 rings (SSSR count). The minimum Gasteiger partial charge on any atom is -0.504 e. The van der Waals surface area contributed by atoms with E-state index in [1.54, 1.807) is 67.6 Å². The van der Waals surface area contributed by atoms with E-state index in [4.69, 9.17) is 16.3 Å². The maximum absolute atomic E-state index is 14.6. The van der Waals surface area contributed by atoms with Gasteiger partial charge in [-0.25, -0.2) is 9.29 Å². The van der Waals surface area contributed by atoms with Gasteiger partial charge in [0.05, 0.1) is 46.7 Å². The Balaban J connectivity index is 1.19. The second kappa shape index (κ2) is 12.3. The Kier molecular flexibility index (Phi) is 7.91. The van der Waals surface area contributed by atoms with Crippen molar-refractivity contribution in [2.75, 3.05) is 16.9 Å². The second-order valence-corrected chi connectivity index (χ2v) is 14.4. The highest BCUT2D eigenvalue weighted by molar-refractivity contribution is 6.32. The fourth-order valence-electron chi connectivity index (χ4n) is 8.92. The molecular formula is C41H32ClFN2O7. The number of ether oxygens (including phenoxy) is 1. The molecular weight excluding hydrogens is 687 g/mol. The van der Waals surface area contributed by atoms with Crippen LogP contribution < -0.4 is 14.5 Å². The molecule has 6 atom stereocenters. The molecule has 0 spiro atoms. The van der Waals surface area contributed by atoms with Crippen LogP contribution in [0.4, 0.5) is 15.8 Å².